The Morgan fingerprint density at radius 3 is 1.94 bits per heavy atom. The average Bonchev–Trinajstić information content (AvgIpc) is 3.62. The molecule has 3 aliphatic heterocycles. The standard InChI is InChI=1S/C47H78O16/c1-7-24(22(2)3)9-8-23(4)28-12-13-29-27-11-10-25-18-26(14-16-46(25,5)30(27)15-17-47(28,29)6)59-45-42(63-44-41(57)38(54)35(51)32(20-49)61-44)39(55)36(52)33(62-45)21-58-43-40(56)37(53)34(50)31(19-48)60-43/h8-10,22-24,26-45,48-57H,7,11-21H2,1-6H3/t23-,24-,26+,27-,28-,29-,30-,31-,32-,33-,34-,35-,36-,37+,38+,39+,40-,41-,42-,43-,44+,45-,46+,47-/m1/s1. The third-order valence-corrected chi connectivity index (χ3v) is 17.1. The lowest BCUT2D eigenvalue weighted by molar-refractivity contribution is -0.376. The maximum atomic E-state index is 11.6. The highest BCUT2D eigenvalue weighted by molar-refractivity contribution is 5.26. The van der Waals surface area contributed by atoms with Gasteiger partial charge < -0.3 is 79.5 Å². The van der Waals surface area contributed by atoms with Crippen molar-refractivity contribution in [2.75, 3.05) is 19.8 Å². The van der Waals surface area contributed by atoms with Crippen LogP contribution in [0.1, 0.15) is 99.3 Å². The number of aliphatic hydroxyl groups is 10. The lowest BCUT2D eigenvalue weighted by Gasteiger charge is -2.58. The molecular formula is C47H78O16. The Labute approximate surface area is 372 Å². The fourth-order valence-electron chi connectivity index (χ4n) is 13.1. The third kappa shape index (κ3) is 9.51. The molecular weight excluding hydrogens is 821 g/mol. The van der Waals surface area contributed by atoms with Gasteiger partial charge in [-0.15, -0.1) is 0 Å². The summed E-state index contributed by atoms with van der Waals surface area (Å²) in [6.07, 6.45) is -7.45. The van der Waals surface area contributed by atoms with Gasteiger partial charge in [-0.25, -0.2) is 0 Å². The second-order valence-electron chi connectivity index (χ2n) is 20.9. The number of rotatable bonds is 14. The number of ether oxygens (including phenoxy) is 6. The molecule has 0 aromatic heterocycles. The number of hydrogen-bond acceptors (Lipinski definition) is 16. The van der Waals surface area contributed by atoms with Crippen molar-refractivity contribution in [1.82, 2.24) is 0 Å². The summed E-state index contributed by atoms with van der Waals surface area (Å²) in [6.45, 7) is 12.4. The third-order valence-electron chi connectivity index (χ3n) is 17.1. The van der Waals surface area contributed by atoms with Gasteiger partial charge >= 0.3 is 0 Å². The normalized spacial score (nSPS) is 50.1. The molecule has 6 fully saturated rings. The van der Waals surface area contributed by atoms with Crippen molar-refractivity contribution in [2.45, 2.75) is 198 Å². The first-order valence-corrected chi connectivity index (χ1v) is 23.8. The molecule has 0 amide bonds. The van der Waals surface area contributed by atoms with Crippen molar-refractivity contribution in [3.63, 3.8) is 0 Å². The van der Waals surface area contributed by atoms with E-state index in [0.717, 1.165) is 19.3 Å². The number of allylic oxidation sites excluding steroid dienone is 3. The molecule has 3 saturated heterocycles. The van der Waals surface area contributed by atoms with E-state index in [1.165, 1.54) is 31.3 Å². The Hall–Kier alpha value is -1.16. The molecule has 4 aliphatic carbocycles. The van der Waals surface area contributed by atoms with E-state index >= 15 is 0 Å². The van der Waals surface area contributed by atoms with Crippen molar-refractivity contribution < 1.29 is 79.5 Å². The molecule has 7 rings (SSSR count). The van der Waals surface area contributed by atoms with Crippen molar-refractivity contribution in [3.8, 4) is 0 Å². The first kappa shape index (κ1) is 49.7. The van der Waals surface area contributed by atoms with Crippen LogP contribution in [-0.2, 0) is 28.4 Å². The van der Waals surface area contributed by atoms with Gasteiger partial charge in [-0.3, -0.25) is 0 Å². The van der Waals surface area contributed by atoms with Gasteiger partial charge in [0, 0.05) is 0 Å². The quantitative estimate of drug-likeness (QED) is 0.110. The Balaban J connectivity index is 1.06. The van der Waals surface area contributed by atoms with E-state index < -0.39 is 118 Å². The maximum absolute atomic E-state index is 11.6. The Bertz CT molecular complexity index is 1560. The van der Waals surface area contributed by atoms with Crippen LogP contribution in [0.3, 0.4) is 0 Å². The monoisotopic (exact) mass is 899 g/mol. The minimum atomic E-state index is -1.80. The van der Waals surface area contributed by atoms with Crippen LogP contribution in [0.5, 0.6) is 0 Å². The van der Waals surface area contributed by atoms with Gasteiger partial charge in [-0.2, -0.15) is 0 Å². The Kier molecular flexibility index (Phi) is 16.0. The van der Waals surface area contributed by atoms with Gasteiger partial charge in [0.05, 0.1) is 25.9 Å². The van der Waals surface area contributed by atoms with Gasteiger partial charge in [0.2, 0.25) is 0 Å². The van der Waals surface area contributed by atoms with Crippen LogP contribution in [0.15, 0.2) is 23.8 Å². The largest absolute Gasteiger partial charge is 0.394 e. The number of hydrogen-bond donors (Lipinski definition) is 10. The average molecular weight is 899 g/mol. The van der Waals surface area contributed by atoms with E-state index in [2.05, 4.69) is 59.8 Å². The van der Waals surface area contributed by atoms with Crippen molar-refractivity contribution >= 4 is 0 Å². The molecule has 16 nitrogen and oxygen atoms in total. The fourth-order valence-corrected chi connectivity index (χ4v) is 13.1. The van der Waals surface area contributed by atoms with Crippen LogP contribution in [0, 0.1) is 52.3 Å². The zero-order valence-electron chi connectivity index (χ0n) is 37.9. The summed E-state index contributed by atoms with van der Waals surface area (Å²) in [5.41, 5.74) is 1.62. The van der Waals surface area contributed by atoms with Crippen LogP contribution in [0.2, 0.25) is 0 Å². The first-order valence-electron chi connectivity index (χ1n) is 23.8. The van der Waals surface area contributed by atoms with Gasteiger partial charge in [0.1, 0.15) is 73.2 Å². The molecule has 16 heteroatoms. The smallest absolute Gasteiger partial charge is 0.187 e. The second-order valence-corrected chi connectivity index (χ2v) is 20.9. The molecule has 10 N–H and O–H groups in total. The molecule has 0 spiro atoms. The molecule has 3 saturated carbocycles. The van der Waals surface area contributed by atoms with E-state index in [4.69, 9.17) is 28.4 Å². The second kappa shape index (κ2) is 20.2. The summed E-state index contributed by atoms with van der Waals surface area (Å²) in [7, 11) is 0. The summed E-state index contributed by atoms with van der Waals surface area (Å²) < 4.78 is 35.8. The van der Waals surface area contributed by atoms with Gasteiger partial charge in [-0.1, -0.05) is 65.3 Å². The topological polar surface area (TPSA) is 258 Å². The highest BCUT2D eigenvalue weighted by Gasteiger charge is 2.60. The molecule has 3 heterocycles. The minimum absolute atomic E-state index is 0.0174. The van der Waals surface area contributed by atoms with Gasteiger partial charge in [0.15, 0.2) is 18.9 Å². The van der Waals surface area contributed by atoms with Crippen LogP contribution >= 0.6 is 0 Å². The van der Waals surface area contributed by atoms with Crippen LogP contribution < -0.4 is 0 Å². The van der Waals surface area contributed by atoms with Crippen molar-refractivity contribution in [2.24, 2.45) is 52.3 Å². The fraction of sp³-hybridized carbons (Fsp3) is 0.915. The van der Waals surface area contributed by atoms with Gasteiger partial charge in [-0.05, 0) is 110 Å². The Morgan fingerprint density at radius 2 is 1.30 bits per heavy atom. The Morgan fingerprint density at radius 1 is 0.683 bits per heavy atom. The van der Waals surface area contributed by atoms with Crippen LogP contribution in [0.25, 0.3) is 0 Å². The predicted molar refractivity (Wildman–Crippen MR) is 226 cm³/mol. The summed E-state index contributed by atoms with van der Waals surface area (Å²) in [6, 6.07) is 0. The molecule has 0 radical (unpaired) electrons. The van der Waals surface area contributed by atoms with E-state index in [-0.39, 0.29) is 5.41 Å². The molecule has 0 bridgehead atoms. The zero-order valence-corrected chi connectivity index (χ0v) is 37.9. The van der Waals surface area contributed by atoms with E-state index in [9.17, 15) is 51.1 Å². The first-order chi connectivity index (χ1) is 29.9. The molecule has 362 valence electrons. The highest BCUT2D eigenvalue weighted by Crippen LogP contribution is 2.67. The lowest BCUT2D eigenvalue weighted by atomic mass is 9.47. The highest BCUT2D eigenvalue weighted by atomic mass is 16.8. The molecule has 0 unspecified atom stereocenters. The molecule has 0 aromatic carbocycles. The molecule has 7 aliphatic rings. The minimum Gasteiger partial charge on any atom is -0.394 e. The maximum Gasteiger partial charge on any atom is 0.187 e. The summed E-state index contributed by atoms with van der Waals surface area (Å²) >= 11 is 0. The number of aliphatic hydroxyl groups excluding tert-OH is 10. The number of fused-ring (bicyclic) bond motifs is 5. The summed E-state index contributed by atoms with van der Waals surface area (Å²) in [4.78, 5) is 0. The summed E-state index contributed by atoms with van der Waals surface area (Å²) in [5.74, 6) is 4.26. The summed E-state index contributed by atoms with van der Waals surface area (Å²) in [5, 5.41) is 105. The molecule has 63 heavy (non-hydrogen) atoms. The lowest BCUT2D eigenvalue weighted by Crippen LogP contribution is -2.65. The van der Waals surface area contributed by atoms with Crippen LogP contribution in [0.4, 0.5) is 0 Å². The van der Waals surface area contributed by atoms with E-state index in [1.54, 1.807) is 0 Å². The van der Waals surface area contributed by atoms with Crippen molar-refractivity contribution in [3.05, 3.63) is 23.8 Å². The van der Waals surface area contributed by atoms with Gasteiger partial charge in [0.25, 0.3) is 0 Å². The zero-order chi connectivity index (χ0) is 45.7. The van der Waals surface area contributed by atoms with Crippen LogP contribution in [-0.4, -0.2) is 169 Å². The molecule has 24 atom stereocenters. The molecule has 0 aromatic rings. The van der Waals surface area contributed by atoms with E-state index in [1.807, 2.05) is 0 Å². The van der Waals surface area contributed by atoms with E-state index in [0.29, 0.717) is 59.7 Å². The SMILES string of the molecule is CC[C@H](C=C[C@@H](C)[C@H]1CC[C@@H]2[C@H]3CC=C4C[C@@H](O[C@@H]5O[C@H](CO[C@@H]6O[C@H](CO)[C@@H](O)[C@H](O)[C@H]6O)[C@@H](O)[C@H](O)[C@H]5O[C@@H]5O[C@H](CO)[C@@H](O)[C@H](O)[C@H]5O)CC[C@]4(C)[C@@H]3CC[C@@]21C)C(C)C. The van der Waals surface area contributed by atoms with Crippen molar-refractivity contribution in [1.29, 1.82) is 0 Å². The predicted octanol–water partition coefficient (Wildman–Crippen LogP) is 1.27.